The molecule has 0 aromatic rings. The minimum absolute atomic E-state index is 0. The average Bonchev–Trinajstić information content (AvgIpc) is 0. The second-order valence-corrected chi connectivity index (χ2v) is 0. The van der Waals surface area contributed by atoms with Gasteiger partial charge < -0.3 is 16.4 Å². The van der Waals surface area contributed by atoms with Crippen molar-refractivity contribution in [1.29, 1.82) is 0 Å². The van der Waals surface area contributed by atoms with Crippen LogP contribution in [0.2, 0.25) is 0 Å². The average molecular weight is 276 g/mol. The monoisotopic (exact) mass is 276 g/mol. The zero-order chi connectivity index (χ0) is 0. The van der Waals surface area contributed by atoms with Crippen LogP contribution in [0.15, 0.2) is 0 Å². The summed E-state index contributed by atoms with van der Waals surface area (Å²) in [6.07, 6.45) is 0. The molecule has 0 saturated carbocycles. The fraction of sp³-hybridized carbons (Fsp3) is 0. The summed E-state index contributed by atoms with van der Waals surface area (Å²) >= 11 is 0. The number of hydrogen-bond donors (Lipinski definition) is 0. The molecular formula is In2O3. The van der Waals surface area contributed by atoms with E-state index < -0.39 is 0 Å². The second kappa shape index (κ2) is 45.7. The fourth-order valence-electron chi connectivity index (χ4n) is 0. The summed E-state index contributed by atoms with van der Waals surface area (Å²) in [5.41, 5.74) is 0. The standard InChI is InChI=1S/2In.3O/q2*+3;3*-2/i2*1-1;;;. The summed E-state index contributed by atoms with van der Waals surface area (Å²) in [5.74, 6) is 0. The Balaban J connectivity index is 0. The second-order valence-electron chi connectivity index (χ2n) is 0. The summed E-state index contributed by atoms with van der Waals surface area (Å²) < 4.78 is 0. The van der Waals surface area contributed by atoms with Gasteiger partial charge in [0.2, 0.25) is 0 Å². The van der Waals surface area contributed by atoms with Crippen LogP contribution in [0.1, 0.15) is 0 Å². The Bertz CT molecular complexity index is 4.85. The third kappa shape index (κ3) is 28.1. The molecule has 0 heterocycles. The number of hydrogen-bond acceptors (Lipinski definition) is 0. The fourth-order valence-corrected chi connectivity index (χ4v) is 0. The Morgan fingerprint density at radius 1 is 0.400 bits per heavy atom. The largest absolute Gasteiger partial charge is 3.00 e. The molecule has 5 heavy (non-hydrogen) atoms. The van der Waals surface area contributed by atoms with E-state index in [4.69, 9.17) is 0 Å². The van der Waals surface area contributed by atoms with Gasteiger partial charge in [0.05, 0.1) is 0 Å². The molecule has 0 aliphatic carbocycles. The summed E-state index contributed by atoms with van der Waals surface area (Å²) in [6.45, 7) is 0. The van der Waals surface area contributed by atoms with E-state index in [1.54, 1.807) is 0 Å². The van der Waals surface area contributed by atoms with Crippen molar-refractivity contribution in [3.8, 4) is 0 Å². The van der Waals surface area contributed by atoms with Crippen molar-refractivity contribution in [3.05, 3.63) is 0 Å². The van der Waals surface area contributed by atoms with Crippen LogP contribution >= 0.6 is 0 Å². The maximum absolute atomic E-state index is 0. The first kappa shape index (κ1) is 79.7. The quantitative estimate of drug-likeness (QED) is 0.536. The predicted molar refractivity (Wildman–Crippen MR) is 13.6 cm³/mol. The molecular weight excluding hydrogens is 276 g/mol. The van der Waals surface area contributed by atoms with Gasteiger partial charge in [0, 0.05) is 0 Å². The zero-order valence-electron chi connectivity index (χ0n) is 2.38. The molecule has 0 atom stereocenters. The first-order chi connectivity index (χ1) is 0. The molecule has 0 aliphatic heterocycles. The van der Waals surface area contributed by atoms with Crippen LogP contribution in [0, 0.1) is 0 Å². The van der Waals surface area contributed by atoms with Crippen LogP contribution in [-0.4, -0.2) is 51.7 Å². The molecule has 5 heteroatoms. The summed E-state index contributed by atoms with van der Waals surface area (Å²) in [6, 6.07) is 0. The number of rotatable bonds is 0. The molecule has 0 aromatic heterocycles. The Morgan fingerprint density at radius 3 is 0.400 bits per heavy atom. The molecule has 3 nitrogen and oxygen atoms in total. The van der Waals surface area contributed by atoms with Crippen molar-refractivity contribution < 1.29 is 16.4 Å². The normalized spacial score (nSPS) is 0. The third-order valence-electron chi connectivity index (χ3n) is 0. The topological polar surface area (TPSA) is 85.5 Å². The van der Waals surface area contributed by atoms with Gasteiger partial charge in [-0.3, -0.25) is 0 Å². The van der Waals surface area contributed by atoms with Crippen LogP contribution in [-0.2, 0) is 16.4 Å². The molecule has 0 radical (unpaired) electrons. The first-order valence-electron chi connectivity index (χ1n) is 0. The van der Waals surface area contributed by atoms with Crippen molar-refractivity contribution in [2.45, 2.75) is 0 Å². The van der Waals surface area contributed by atoms with E-state index in [9.17, 15) is 0 Å². The van der Waals surface area contributed by atoms with Gasteiger partial charge in [-0.05, 0) is 0 Å². The molecule has 0 saturated heterocycles. The molecule has 24 valence electrons. The SMILES string of the molecule is [114In+3].[114In+3].[O-2].[O-2].[O-2]. The molecule has 0 fully saturated rings. The van der Waals surface area contributed by atoms with E-state index >= 15 is 0 Å². The van der Waals surface area contributed by atoms with Gasteiger partial charge in [-0.15, -0.1) is 0 Å². The van der Waals surface area contributed by atoms with E-state index in [1.807, 2.05) is 0 Å². The molecule has 0 N–H and O–H groups in total. The van der Waals surface area contributed by atoms with Gasteiger partial charge in [0.1, 0.15) is 0 Å². The minimum Gasteiger partial charge on any atom is -2.00 e. The zero-order valence-corrected chi connectivity index (χ0v) is 8.97. The summed E-state index contributed by atoms with van der Waals surface area (Å²) in [5, 5.41) is 0. The van der Waals surface area contributed by atoms with Gasteiger partial charge >= 0.3 is 51.7 Å². The molecule has 0 amide bonds. The Labute approximate surface area is 67.6 Å². The van der Waals surface area contributed by atoms with Crippen molar-refractivity contribution in [1.82, 2.24) is 0 Å². The Morgan fingerprint density at radius 2 is 0.400 bits per heavy atom. The molecule has 0 bridgehead atoms. The smallest absolute Gasteiger partial charge is 2.00 e. The van der Waals surface area contributed by atoms with Crippen LogP contribution in [0.3, 0.4) is 0 Å². The Kier molecular flexibility index (Phi) is 728. The van der Waals surface area contributed by atoms with E-state index in [2.05, 4.69) is 0 Å². The molecule has 0 spiro atoms. The maximum Gasteiger partial charge on any atom is 3.00 e. The minimum atomic E-state index is 0. The van der Waals surface area contributed by atoms with Crippen LogP contribution < -0.4 is 0 Å². The predicted octanol–water partition coefficient (Wildman–Crippen LogP) is -1.12. The maximum atomic E-state index is 0. The van der Waals surface area contributed by atoms with Gasteiger partial charge in [0.25, 0.3) is 0 Å². The molecule has 0 unspecified atom stereocenters. The van der Waals surface area contributed by atoms with E-state index in [-0.39, 0.29) is 68.1 Å². The third-order valence-corrected chi connectivity index (χ3v) is 0. The first-order valence-corrected chi connectivity index (χ1v) is 0. The van der Waals surface area contributed by atoms with Gasteiger partial charge in [-0.25, -0.2) is 0 Å². The molecule has 0 rings (SSSR count). The van der Waals surface area contributed by atoms with Gasteiger partial charge in [-0.2, -0.15) is 0 Å². The van der Waals surface area contributed by atoms with Crippen LogP contribution in [0.5, 0.6) is 0 Å². The summed E-state index contributed by atoms with van der Waals surface area (Å²) in [4.78, 5) is 0. The molecule has 0 aromatic carbocycles. The van der Waals surface area contributed by atoms with Crippen molar-refractivity contribution in [2.24, 2.45) is 0 Å². The van der Waals surface area contributed by atoms with E-state index in [0.717, 1.165) is 0 Å². The van der Waals surface area contributed by atoms with E-state index in [1.165, 1.54) is 0 Å². The van der Waals surface area contributed by atoms with Crippen molar-refractivity contribution in [3.63, 3.8) is 0 Å². The van der Waals surface area contributed by atoms with Gasteiger partial charge in [0.15, 0.2) is 0 Å². The summed E-state index contributed by atoms with van der Waals surface area (Å²) in [7, 11) is 0. The van der Waals surface area contributed by atoms with Crippen molar-refractivity contribution >= 4 is 51.7 Å². The molecule has 0 aliphatic rings. The van der Waals surface area contributed by atoms with Crippen LogP contribution in [0.25, 0.3) is 0 Å². The van der Waals surface area contributed by atoms with Crippen molar-refractivity contribution in [2.75, 3.05) is 0 Å². The van der Waals surface area contributed by atoms with E-state index in [0.29, 0.717) is 0 Å². The Hall–Kier alpha value is 1.62. The van der Waals surface area contributed by atoms with Crippen LogP contribution in [0.4, 0.5) is 0 Å². The van der Waals surface area contributed by atoms with Gasteiger partial charge in [-0.1, -0.05) is 0 Å².